The van der Waals surface area contributed by atoms with E-state index < -0.39 is 0 Å². The van der Waals surface area contributed by atoms with Gasteiger partial charge >= 0.3 is 0 Å². The Hall–Kier alpha value is -3.24. The number of hydrogen-bond acceptors (Lipinski definition) is 7. The molecular weight excluding hydrogens is 372 g/mol. The number of hydrogen-bond donors (Lipinski definition) is 1. The first-order valence-corrected chi connectivity index (χ1v) is 9.89. The average Bonchev–Trinajstić information content (AvgIpc) is 2.99. The fraction of sp³-hybridized carbons (Fsp3) is 0.190. The van der Waals surface area contributed by atoms with Gasteiger partial charge in [-0.3, -0.25) is 5.43 Å². The van der Waals surface area contributed by atoms with Crippen LogP contribution >= 0.6 is 11.8 Å². The summed E-state index contributed by atoms with van der Waals surface area (Å²) in [4.78, 5) is 4.45. The summed E-state index contributed by atoms with van der Waals surface area (Å²) in [6, 6.07) is 15.3. The van der Waals surface area contributed by atoms with E-state index in [9.17, 15) is 0 Å². The van der Waals surface area contributed by atoms with Gasteiger partial charge in [0, 0.05) is 18.4 Å². The van der Waals surface area contributed by atoms with E-state index in [-0.39, 0.29) is 0 Å². The molecule has 0 aromatic heterocycles. The van der Waals surface area contributed by atoms with Gasteiger partial charge in [-0.05, 0) is 41.0 Å². The molecule has 0 unspecified atom stereocenters. The second kappa shape index (κ2) is 8.63. The molecule has 2 aromatic carbocycles. The zero-order valence-electron chi connectivity index (χ0n) is 15.1. The number of nitrogens with zero attached hydrogens (tertiary/aromatic N) is 3. The van der Waals surface area contributed by atoms with Crippen LogP contribution in [0.4, 0.5) is 0 Å². The first-order valence-electron chi connectivity index (χ1n) is 8.91. The number of benzene rings is 2. The molecule has 0 amide bonds. The lowest BCUT2D eigenvalue weighted by atomic mass is 10.1. The molecule has 0 atom stereocenters. The lowest BCUT2D eigenvalue weighted by Crippen LogP contribution is -2.16. The van der Waals surface area contributed by atoms with Crippen molar-refractivity contribution in [3.63, 3.8) is 0 Å². The second-order valence-corrected chi connectivity index (χ2v) is 7.16. The van der Waals surface area contributed by atoms with Gasteiger partial charge in [0.1, 0.15) is 0 Å². The molecule has 0 radical (unpaired) electrons. The SMILES string of the molecule is N#Cc1ccc(/C=N/NC2=NC=C(c3ccc4c(c3)OCCCO4)CS2)cc1. The highest BCUT2D eigenvalue weighted by atomic mass is 32.2. The molecule has 140 valence electrons. The summed E-state index contributed by atoms with van der Waals surface area (Å²) < 4.78 is 11.4. The largest absolute Gasteiger partial charge is 0.490 e. The number of fused-ring (bicyclic) bond motifs is 1. The lowest BCUT2D eigenvalue weighted by Gasteiger charge is -2.14. The summed E-state index contributed by atoms with van der Waals surface area (Å²) in [6.45, 7) is 1.36. The molecule has 4 rings (SSSR count). The van der Waals surface area contributed by atoms with E-state index in [2.05, 4.69) is 21.6 Å². The highest BCUT2D eigenvalue weighted by Crippen LogP contribution is 2.34. The molecule has 1 N–H and O–H groups in total. The fourth-order valence-corrected chi connectivity index (χ4v) is 3.52. The van der Waals surface area contributed by atoms with Crippen LogP contribution in [0.2, 0.25) is 0 Å². The van der Waals surface area contributed by atoms with Gasteiger partial charge in [-0.2, -0.15) is 10.4 Å². The minimum Gasteiger partial charge on any atom is -0.490 e. The summed E-state index contributed by atoms with van der Waals surface area (Å²) in [5, 5.41) is 13.8. The Labute approximate surface area is 167 Å². The molecule has 0 aliphatic carbocycles. The molecule has 0 saturated carbocycles. The number of aliphatic imine (C=N–C) groups is 1. The van der Waals surface area contributed by atoms with Gasteiger partial charge in [0.05, 0.1) is 31.1 Å². The maximum atomic E-state index is 8.82. The number of thioether (sulfide) groups is 1. The zero-order valence-corrected chi connectivity index (χ0v) is 15.9. The van der Waals surface area contributed by atoms with Crippen molar-refractivity contribution in [3.8, 4) is 17.6 Å². The molecule has 2 aromatic rings. The molecular formula is C21H18N4O2S. The Morgan fingerprint density at radius 1 is 1.11 bits per heavy atom. The summed E-state index contributed by atoms with van der Waals surface area (Å²) in [5.74, 6) is 2.38. The first kappa shape index (κ1) is 18.1. The van der Waals surface area contributed by atoms with Crippen LogP contribution in [0.25, 0.3) is 5.57 Å². The first-order chi connectivity index (χ1) is 13.8. The molecule has 6 nitrogen and oxygen atoms in total. The number of nitrogens with one attached hydrogen (secondary N) is 1. The van der Waals surface area contributed by atoms with E-state index in [4.69, 9.17) is 14.7 Å². The third kappa shape index (κ3) is 4.35. The predicted octanol–water partition coefficient (Wildman–Crippen LogP) is 3.79. The standard InChI is InChI=1S/C21H18N4O2S/c22-11-15-2-4-16(5-3-15)12-24-25-21-23-13-18(14-28-21)17-6-7-19-20(10-17)27-9-1-8-26-19/h2-7,10,12-13H,1,8-9,14H2,(H,23,25)/b24-12+. The molecule has 2 heterocycles. The summed E-state index contributed by atoms with van der Waals surface area (Å²) in [7, 11) is 0. The average molecular weight is 390 g/mol. The monoisotopic (exact) mass is 390 g/mol. The summed E-state index contributed by atoms with van der Waals surface area (Å²) in [6.07, 6.45) is 4.45. The quantitative estimate of drug-likeness (QED) is 0.637. The molecule has 0 spiro atoms. The minimum atomic E-state index is 0.629. The Bertz CT molecular complexity index is 990. The molecule has 7 heteroatoms. The Morgan fingerprint density at radius 2 is 1.93 bits per heavy atom. The summed E-state index contributed by atoms with van der Waals surface area (Å²) in [5.41, 5.74) is 6.71. The van der Waals surface area contributed by atoms with Gasteiger partial charge in [0.2, 0.25) is 0 Å². The van der Waals surface area contributed by atoms with Crippen LogP contribution in [0.15, 0.2) is 58.8 Å². The molecule has 2 aliphatic heterocycles. The van der Waals surface area contributed by atoms with Gasteiger partial charge in [0.25, 0.3) is 0 Å². The summed E-state index contributed by atoms with van der Waals surface area (Å²) >= 11 is 1.59. The minimum absolute atomic E-state index is 0.629. The van der Waals surface area contributed by atoms with Crippen LogP contribution in [0, 0.1) is 11.3 Å². The van der Waals surface area contributed by atoms with Crippen molar-refractivity contribution < 1.29 is 9.47 Å². The molecule has 0 fully saturated rings. The Balaban J connectivity index is 1.41. The van der Waals surface area contributed by atoms with Gasteiger partial charge in [-0.25, -0.2) is 4.99 Å². The van der Waals surface area contributed by atoms with Crippen LogP contribution < -0.4 is 14.9 Å². The Kier molecular flexibility index (Phi) is 5.59. The topological polar surface area (TPSA) is 79.0 Å². The van der Waals surface area contributed by atoms with E-state index in [0.29, 0.717) is 18.8 Å². The van der Waals surface area contributed by atoms with Crippen molar-refractivity contribution in [2.75, 3.05) is 19.0 Å². The number of hydrazone groups is 1. The zero-order chi connectivity index (χ0) is 19.2. The Morgan fingerprint density at radius 3 is 2.68 bits per heavy atom. The smallest absolute Gasteiger partial charge is 0.182 e. The van der Waals surface area contributed by atoms with E-state index in [0.717, 1.165) is 45.5 Å². The maximum absolute atomic E-state index is 8.82. The second-order valence-electron chi connectivity index (χ2n) is 6.19. The van der Waals surface area contributed by atoms with E-state index in [1.165, 1.54) is 0 Å². The van der Waals surface area contributed by atoms with Crippen LogP contribution in [0.1, 0.15) is 23.1 Å². The van der Waals surface area contributed by atoms with Crippen LogP contribution in [-0.2, 0) is 0 Å². The number of rotatable bonds is 3. The number of nitriles is 1. The van der Waals surface area contributed by atoms with Crippen molar-refractivity contribution in [1.29, 1.82) is 5.26 Å². The molecule has 0 saturated heterocycles. The molecule has 28 heavy (non-hydrogen) atoms. The van der Waals surface area contributed by atoms with Crippen LogP contribution in [0.5, 0.6) is 11.5 Å². The van der Waals surface area contributed by atoms with E-state index in [1.54, 1.807) is 30.1 Å². The highest BCUT2D eigenvalue weighted by molar-refractivity contribution is 8.14. The third-order valence-electron chi connectivity index (χ3n) is 4.23. The van der Waals surface area contributed by atoms with Crippen molar-refractivity contribution in [2.45, 2.75) is 6.42 Å². The molecule has 0 bridgehead atoms. The van der Waals surface area contributed by atoms with Gasteiger partial charge < -0.3 is 9.47 Å². The van der Waals surface area contributed by atoms with E-state index >= 15 is 0 Å². The number of amidine groups is 1. The van der Waals surface area contributed by atoms with Crippen LogP contribution in [0.3, 0.4) is 0 Å². The van der Waals surface area contributed by atoms with Crippen molar-refractivity contribution in [3.05, 3.63) is 65.4 Å². The van der Waals surface area contributed by atoms with E-state index in [1.807, 2.05) is 36.5 Å². The van der Waals surface area contributed by atoms with Crippen LogP contribution in [-0.4, -0.2) is 30.3 Å². The van der Waals surface area contributed by atoms with Crippen molar-refractivity contribution in [2.24, 2.45) is 10.1 Å². The maximum Gasteiger partial charge on any atom is 0.182 e. The van der Waals surface area contributed by atoms with Gasteiger partial charge in [-0.15, -0.1) is 0 Å². The molecule has 2 aliphatic rings. The van der Waals surface area contributed by atoms with Gasteiger partial charge in [0.15, 0.2) is 16.7 Å². The lowest BCUT2D eigenvalue weighted by molar-refractivity contribution is 0.297. The van der Waals surface area contributed by atoms with Crippen molar-refractivity contribution >= 4 is 28.7 Å². The fourth-order valence-electron chi connectivity index (χ4n) is 2.74. The normalized spacial score (nSPS) is 16.0. The highest BCUT2D eigenvalue weighted by Gasteiger charge is 2.15. The van der Waals surface area contributed by atoms with Crippen molar-refractivity contribution in [1.82, 2.24) is 5.43 Å². The third-order valence-corrected chi connectivity index (χ3v) is 5.16. The number of ether oxygens (including phenoxy) is 2. The van der Waals surface area contributed by atoms with Gasteiger partial charge in [-0.1, -0.05) is 30.0 Å². The predicted molar refractivity (Wildman–Crippen MR) is 112 cm³/mol.